The number of carboxylic acid groups (broad SMARTS) is 1. The highest BCUT2D eigenvalue weighted by Gasteiger charge is 2.54. The van der Waals surface area contributed by atoms with Crippen molar-refractivity contribution in [2.75, 3.05) is 13.6 Å². The Bertz CT molecular complexity index is 1010. The van der Waals surface area contributed by atoms with E-state index in [2.05, 4.69) is 10.6 Å². The lowest BCUT2D eigenvalue weighted by atomic mass is 9.63. The molecule has 0 aliphatic carbocycles. The topological polar surface area (TPSA) is 148 Å². The third-order valence-corrected chi connectivity index (χ3v) is 5.97. The summed E-state index contributed by atoms with van der Waals surface area (Å²) in [6.07, 6.45) is -1.06. The third-order valence-electron chi connectivity index (χ3n) is 5.40. The van der Waals surface area contributed by atoms with E-state index in [0.29, 0.717) is 11.4 Å². The van der Waals surface area contributed by atoms with Gasteiger partial charge in [-0.2, -0.15) is 0 Å². The van der Waals surface area contributed by atoms with Crippen LogP contribution in [0.25, 0.3) is 0 Å². The molecular weight excluding hydrogens is 502 g/mol. The summed E-state index contributed by atoms with van der Waals surface area (Å²) in [6, 6.07) is 4.36. The van der Waals surface area contributed by atoms with Gasteiger partial charge < -0.3 is 25.0 Å². The van der Waals surface area contributed by atoms with Gasteiger partial charge in [0.2, 0.25) is 5.91 Å². The van der Waals surface area contributed by atoms with Gasteiger partial charge in [0.1, 0.15) is 0 Å². The summed E-state index contributed by atoms with van der Waals surface area (Å²) in [7, 11) is -0.0248. The highest BCUT2D eigenvalue weighted by Crippen LogP contribution is 2.36. The standard InChI is InChI=1S/C22H27BCl2N2O8/c1-12(2)6-13(7-15(28)11-27-20(31)16-8-14(24)4-5-17(16)25)23-34-19(30)10-22(35-23,21(32)33)9-18(29)26-3/h4-5,8,12-13H,6-7,9-11H2,1-3H3,(H,26,29)(H,27,31)(H,32,33)/t13-,22+/m1/s1. The van der Waals surface area contributed by atoms with Crippen LogP contribution in [0.15, 0.2) is 18.2 Å². The first-order valence-electron chi connectivity index (χ1n) is 10.9. The minimum atomic E-state index is -2.12. The van der Waals surface area contributed by atoms with Crippen LogP contribution in [-0.4, -0.2) is 61.0 Å². The average molecular weight is 529 g/mol. The van der Waals surface area contributed by atoms with E-state index in [1.807, 2.05) is 13.8 Å². The van der Waals surface area contributed by atoms with Crippen LogP contribution in [0.3, 0.4) is 0 Å². The zero-order chi connectivity index (χ0) is 26.3. The van der Waals surface area contributed by atoms with Crippen molar-refractivity contribution >= 4 is 59.9 Å². The summed E-state index contributed by atoms with van der Waals surface area (Å²) >= 11 is 11.9. The van der Waals surface area contributed by atoms with Crippen molar-refractivity contribution in [2.24, 2.45) is 5.92 Å². The Labute approximate surface area is 213 Å². The van der Waals surface area contributed by atoms with Crippen molar-refractivity contribution in [3.05, 3.63) is 33.8 Å². The van der Waals surface area contributed by atoms with Gasteiger partial charge in [0.05, 0.1) is 30.0 Å². The minimum Gasteiger partial charge on any atom is -0.509 e. The number of carbonyl (C=O) groups excluding carboxylic acids is 4. The van der Waals surface area contributed by atoms with Crippen molar-refractivity contribution in [3.8, 4) is 0 Å². The number of carbonyl (C=O) groups is 5. The van der Waals surface area contributed by atoms with Gasteiger partial charge in [0, 0.05) is 24.3 Å². The Hall–Kier alpha value is -2.63. The SMILES string of the molecule is CNC(=O)C[C@@]1(C(=O)O)CC(=O)OB([C@@H](CC(=O)CNC(=O)c2cc(Cl)ccc2Cl)CC(C)C)O1. The van der Waals surface area contributed by atoms with Crippen molar-refractivity contribution in [1.29, 1.82) is 0 Å². The van der Waals surface area contributed by atoms with E-state index >= 15 is 0 Å². The molecule has 0 unspecified atom stereocenters. The van der Waals surface area contributed by atoms with Crippen molar-refractivity contribution < 1.29 is 38.4 Å². The fourth-order valence-corrected chi connectivity index (χ4v) is 4.12. The maximum absolute atomic E-state index is 12.7. The van der Waals surface area contributed by atoms with Gasteiger partial charge in [-0.25, -0.2) is 4.79 Å². The summed E-state index contributed by atoms with van der Waals surface area (Å²) < 4.78 is 11.0. The minimum absolute atomic E-state index is 0.0371. The molecule has 0 aromatic heterocycles. The van der Waals surface area contributed by atoms with Crippen molar-refractivity contribution in [1.82, 2.24) is 10.6 Å². The van der Waals surface area contributed by atoms with E-state index in [9.17, 15) is 29.1 Å². The number of halogens is 2. The van der Waals surface area contributed by atoms with Crippen molar-refractivity contribution in [2.45, 2.75) is 50.9 Å². The van der Waals surface area contributed by atoms with Crippen molar-refractivity contribution in [3.63, 3.8) is 0 Å². The Morgan fingerprint density at radius 1 is 1.23 bits per heavy atom. The van der Waals surface area contributed by atoms with Gasteiger partial charge in [-0.05, 0) is 30.5 Å². The number of ketones is 1. The number of nitrogens with one attached hydrogen (secondary N) is 2. The fourth-order valence-electron chi connectivity index (χ4n) is 3.74. The lowest BCUT2D eigenvalue weighted by Crippen LogP contribution is -2.56. The number of carboxylic acids is 1. The van der Waals surface area contributed by atoms with Crippen LogP contribution in [0.4, 0.5) is 0 Å². The largest absolute Gasteiger partial charge is 0.531 e. The summed E-state index contributed by atoms with van der Waals surface area (Å²) in [6.45, 7) is 3.40. The number of amides is 2. The predicted octanol–water partition coefficient (Wildman–Crippen LogP) is 2.51. The van der Waals surface area contributed by atoms with E-state index in [-0.39, 0.29) is 29.5 Å². The maximum atomic E-state index is 12.7. The number of aliphatic carboxylic acids is 1. The summed E-state index contributed by atoms with van der Waals surface area (Å²) in [5.74, 6) is -4.63. The Kier molecular flexibility index (Phi) is 10.1. The second kappa shape index (κ2) is 12.4. The van der Waals surface area contributed by atoms with Gasteiger partial charge in [-0.15, -0.1) is 0 Å². The number of hydrogen-bond donors (Lipinski definition) is 3. The van der Waals surface area contributed by atoms with Crippen LogP contribution in [0.1, 0.15) is 49.9 Å². The maximum Gasteiger partial charge on any atom is 0.531 e. The molecule has 0 saturated carbocycles. The third kappa shape index (κ3) is 7.94. The summed E-state index contributed by atoms with van der Waals surface area (Å²) in [4.78, 5) is 61.4. The highest BCUT2D eigenvalue weighted by molar-refractivity contribution is 6.50. The van der Waals surface area contributed by atoms with Gasteiger partial charge in [0.25, 0.3) is 11.9 Å². The summed E-state index contributed by atoms with van der Waals surface area (Å²) in [5.41, 5.74) is -2.01. The van der Waals surface area contributed by atoms with E-state index < -0.39 is 60.9 Å². The molecule has 1 fully saturated rings. The molecule has 3 N–H and O–H groups in total. The Morgan fingerprint density at radius 2 is 1.91 bits per heavy atom. The van der Waals surface area contributed by atoms with Crippen LogP contribution in [0.5, 0.6) is 0 Å². The number of hydrogen-bond acceptors (Lipinski definition) is 7. The van der Waals surface area contributed by atoms with Crippen LogP contribution in [0, 0.1) is 5.92 Å². The molecule has 1 heterocycles. The lowest BCUT2D eigenvalue weighted by molar-refractivity contribution is -0.172. The molecule has 0 radical (unpaired) electrons. The molecule has 190 valence electrons. The van der Waals surface area contributed by atoms with Crippen LogP contribution in [0.2, 0.25) is 15.9 Å². The van der Waals surface area contributed by atoms with E-state index in [1.54, 1.807) is 0 Å². The quantitative estimate of drug-likeness (QED) is 0.371. The predicted molar refractivity (Wildman–Crippen MR) is 128 cm³/mol. The fraction of sp³-hybridized carbons (Fsp3) is 0.500. The van der Waals surface area contributed by atoms with Gasteiger partial charge in [-0.3, -0.25) is 19.2 Å². The second-order valence-corrected chi connectivity index (χ2v) is 9.59. The zero-order valence-corrected chi connectivity index (χ0v) is 21.1. The molecule has 2 amide bonds. The first-order valence-corrected chi connectivity index (χ1v) is 11.7. The molecule has 13 heteroatoms. The first kappa shape index (κ1) is 28.6. The smallest absolute Gasteiger partial charge is 0.509 e. The van der Waals surface area contributed by atoms with E-state index in [4.69, 9.17) is 32.5 Å². The average Bonchev–Trinajstić information content (AvgIpc) is 2.77. The molecule has 35 heavy (non-hydrogen) atoms. The molecular formula is C22H27BCl2N2O8. The molecule has 1 saturated heterocycles. The number of Topliss-reactive ketones (excluding diaryl/α,β-unsaturated/α-hetero) is 1. The molecule has 2 atom stereocenters. The van der Waals surface area contributed by atoms with Gasteiger partial charge in [-0.1, -0.05) is 37.0 Å². The molecule has 1 aromatic rings. The van der Waals surface area contributed by atoms with E-state index in [1.165, 1.54) is 25.2 Å². The molecule has 1 aromatic carbocycles. The number of benzene rings is 1. The normalized spacial score (nSPS) is 18.6. The van der Waals surface area contributed by atoms with Gasteiger partial charge in [0.15, 0.2) is 11.4 Å². The Balaban J connectivity index is 2.15. The second-order valence-electron chi connectivity index (χ2n) is 8.74. The molecule has 2 rings (SSSR count). The van der Waals surface area contributed by atoms with Crippen LogP contribution < -0.4 is 10.6 Å². The highest BCUT2D eigenvalue weighted by atomic mass is 35.5. The summed E-state index contributed by atoms with van der Waals surface area (Å²) in [5, 5.41) is 15.0. The molecule has 0 bridgehead atoms. The molecule has 10 nitrogen and oxygen atoms in total. The monoisotopic (exact) mass is 528 g/mol. The Morgan fingerprint density at radius 3 is 2.51 bits per heavy atom. The zero-order valence-electron chi connectivity index (χ0n) is 19.6. The molecule has 1 aliphatic heterocycles. The van der Waals surface area contributed by atoms with E-state index in [0.717, 1.165) is 0 Å². The van der Waals surface area contributed by atoms with Crippen LogP contribution >= 0.6 is 23.2 Å². The van der Waals surface area contributed by atoms with Gasteiger partial charge >= 0.3 is 13.1 Å². The number of rotatable bonds is 11. The lowest BCUT2D eigenvalue weighted by Gasteiger charge is -2.38. The first-order chi connectivity index (χ1) is 16.4. The van der Waals surface area contributed by atoms with Crippen LogP contribution in [-0.2, 0) is 28.5 Å². The molecule has 1 aliphatic rings. The molecule has 0 spiro atoms.